The van der Waals surface area contributed by atoms with Crippen LogP contribution in [0.4, 0.5) is 0 Å². The van der Waals surface area contributed by atoms with Crippen LogP contribution in [0.5, 0.6) is 0 Å². The third kappa shape index (κ3) is 3.02. The van der Waals surface area contributed by atoms with Gasteiger partial charge in [-0.25, -0.2) is 0 Å². The topological polar surface area (TPSA) is 70.0 Å². The monoisotopic (exact) mass is 255 g/mol. The molecule has 1 rings (SSSR count). The highest BCUT2D eigenvalue weighted by Gasteiger charge is 2.30. The van der Waals surface area contributed by atoms with E-state index in [1.54, 1.807) is 0 Å². The number of hydrogen-bond donors (Lipinski definition) is 0. The van der Waals surface area contributed by atoms with Crippen molar-refractivity contribution in [2.24, 2.45) is 5.29 Å². The Bertz CT molecular complexity index is 303. The van der Waals surface area contributed by atoms with E-state index in [0.717, 1.165) is 19.3 Å². The Balaban J connectivity index is 2.74. The summed E-state index contributed by atoms with van der Waals surface area (Å²) < 4.78 is 25.4. The van der Waals surface area contributed by atoms with E-state index in [1.807, 2.05) is 0 Å². The number of alkyl halides is 1. The van der Waals surface area contributed by atoms with Crippen LogP contribution < -0.4 is 0 Å². The molecule has 0 spiro atoms. The Morgan fingerprint density at radius 1 is 1.27 bits per heavy atom. The molecule has 0 amide bonds. The molecule has 88 valence electrons. The van der Waals surface area contributed by atoms with Gasteiger partial charge < -0.3 is 0 Å². The smallest absolute Gasteiger partial charge is 0.187 e. The molecule has 0 radical (unpaired) electrons. The quantitative estimate of drug-likeness (QED) is 0.417. The van der Waals surface area contributed by atoms with E-state index in [2.05, 4.69) is 5.29 Å². The Morgan fingerprint density at radius 2 is 1.87 bits per heavy atom. The van der Waals surface area contributed by atoms with E-state index in [-0.39, 0.29) is 12.4 Å². The molecule has 0 bridgehead atoms. The predicted octanol–water partition coefficient (Wildman–Crippen LogP) is 0.939. The van der Waals surface area contributed by atoms with E-state index in [9.17, 15) is 13.3 Å². The van der Waals surface area contributed by atoms with E-state index >= 15 is 0 Å². The summed E-state index contributed by atoms with van der Waals surface area (Å²) in [5.74, 6) is 0.0544. The highest BCUT2D eigenvalue weighted by Crippen LogP contribution is 2.16. The molecule has 0 N–H and O–H groups in total. The molecule has 1 fully saturated rings. The second-order valence-corrected chi connectivity index (χ2v) is 5.50. The molecule has 15 heavy (non-hydrogen) atoms. The first kappa shape index (κ1) is 12.7. The Hall–Kier alpha value is -0.400. The van der Waals surface area contributed by atoms with Gasteiger partial charge in [0.25, 0.3) is 0 Å². The van der Waals surface area contributed by atoms with Crippen molar-refractivity contribution in [3.05, 3.63) is 4.91 Å². The van der Waals surface area contributed by atoms with Crippen LogP contribution in [0.15, 0.2) is 5.29 Å². The molecule has 6 nitrogen and oxygen atoms in total. The third-order valence-electron chi connectivity index (χ3n) is 2.27. The minimum atomic E-state index is -3.73. The van der Waals surface area contributed by atoms with Crippen LogP contribution in [0.25, 0.3) is 0 Å². The van der Waals surface area contributed by atoms with Crippen molar-refractivity contribution in [3.8, 4) is 0 Å². The summed E-state index contributed by atoms with van der Waals surface area (Å²) in [6, 6.07) is 0. The van der Waals surface area contributed by atoms with Crippen molar-refractivity contribution in [3.63, 3.8) is 0 Å². The number of piperidine rings is 1. The molecule has 0 aliphatic carbocycles. The number of halogens is 1. The van der Waals surface area contributed by atoms with Crippen molar-refractivity contribution >= 4 is 21.8 Å². The fourth-order valence-corrected chi connectivity index (χ4v) is 3.15. The standard InChI is InChI=1S/C7H14ClN3O3S/c8-4-7-11(9-12)15(13,14)10-5-2-1-3-6-10/h1-7H2. The van der Waals surface area contributed by atoms with Gasteiger partial charge in [-0.05, 0) is 12.8 Å². The summed E-state index contributed by atoms with van der Waals surface area (Å²) >= 11 is 5.40. The summed E-state index contributed by atoms with van der Waals surface area (Å²) in [4.78, 5) is 10.4. The summed E-state index contributed by atoms with van der Waals surface area (Å²) in [6.45, 7) is 0.831. The van der Waals surface area contributed by atoms with E-state index in [0.29, 0.717) is 17.5 Å². The predicted molar refractivity (Wildman–Crippen MR) is 57.6 cm³/mol. The van der Waals surface area contributed by atoms with Crippen molar-refractivity contribution in [1.82, 2.24) is 8.72 Å². The highest BCUT2D eigenvalue weighted by molar-refractivity contribution is 7.86. The van der Waals surface area contributed by atoms with Crippen molar-refractivity contribution in [2.45, 2.75) is 19.3 Å². The zero-order valence-corrected chi connectivity index (χ0v) is 9.87. The van der Waals surface area contributed by atoms with E-state index < -0.39 is 10.2 Å². The largest absolute Gasteiger partial charge is 0.321 e. The van der Waals surface area contributed by atoms with Crippen LogP contribution in [0.2, 0.25) is 0 Å². The lowest BCUT2D eigenvalue weighted by atomic mass is 10.2. The molecule has 1 aliphatic heterocycles. The van der Waals surface area contributed by atoms with Gasteiger partial charge in [0.1, 0.15) is 0 Å². The lowest BCUT2D eigenvalue weighted by molar-refractivity contribution is 0.309. The van der Waals surface area contributed by atoms with Gasteiger partial charge in [0.15, 0.2) is 0 Å². The number of hydrogen-bond acceptors (Lipinski definition) is 4. The van der Waals surface area contributed by atoms with Gasteiger partial charge in [0.05, 0.1) is 11.8 Å². The van der Waals surface area contributed by atoms with Crippen molar-refractivity contribution < 1.29 is 8.42 Å². The van der Waals surface area contributed by atoms with Gasteiger partial charge >= 0.3 is 10.2 Å². The van der Waals surface area contributed by atoms with Gasteiger partial charge in [-0.1, -0.05) is 6.42 Å². The molecule has 1 heterocycles. The van der Waals surface area contributed by atoms with Gasteiger partial charge in [-0.15, -0.1) is 20.9 Å². The summed E-state index contributed by atoms with van der Waals surface area (Å²) in [5.41, 5.74) is 0. The average molecular weight is 256 g/mol. The third-order valence-corrected chi connectivity index (χ3v) is 4.24. The summed E-state index contributed by atoms with van der Waals surface area (Å²) in [7, 11) is -3.73. The Kier molecular flexibility index (Phi) is 4.75. The van der Waals surface area contributed by atoms with Gasteiger partial charge in [0.2, 0.25) is 0 Å². The van der Waals surface area contributed by atoms with Gasteiger partial charge in [-0.2, -0.15) is 12.7 Å². The second kappa shape index (κ2) is 5.62. The maximum Gasteiger partial charge on any atom is 0.321 e. The van der Waals surface area contributed by atoms with Crippen LogP contribution in [0.3, 0.4) is 0 Å². The Labute approximate surface area is 94.3 Å². The molecule has 0 saturated carbocycles. The van der Waals surface area contributed by atoms with Crippen molar-refractivity contribution in [1.29, 1.82) is 0 Å². The van der Waals surface area contributed by atoms with Crippen LogP contribution in [0.1, 0.15) is 19.3 Å². The normalized spacial score (nSPS) is 18.7. The zero-order chi connectivity index (χ0) is 11.3. The van der Waals surface area contributed by atoms with Crippen LogP contribution in [-0.4, -0.2) is 42.7 Å². The second-order valence-electron chi connectivity index (χ2n) is 3.28. The van der Waals surface area contributed by atoms with Crippen LogP contribution in [0, 0.1) is 4.91 Å². The molecule has 0 unspecified atom stereocenters. The van der Waals surface area contributed by atoms with Gasteiger partial charge in [-0.3, -0.25) is 0 Å². The molecule has 0 atom stereocenters. The van der Waals surface area contributed by atoms with Crippen molar-refractivity contribution in [2.75, 3.05) is 25.5 Å². The molecule has 1 saturated heterocycles. The minimum Gasteiger partial charge on any atom is -0.187 e. The molecular formula is C7H14ClN3O3S. The number of nitroso groups, excluding NO2 is 1. The molecule has 0 aromatic rings. The maximum atomic E-state index is 11.8. The molecule has 8 heteroatoms. The summed E-state index contributed by atoms with van der Waals surface area (Å²) in [5, 5.41) is 2.49. The van der Waals surface area contributed by atoms with Crippen LogP contribution >= 0.6 is 11.6 Å². The first-order chi connectivity index (χ1) is 7.12. The van der Waals surface area contributed by atoms with E-state index in [1.165, 1.54) is 4.31 Å². The first-order valence-corrected chi connectivity index (χ1v) is 6.73. The molecular weight excluding hydrogens is 242 g/mol. The number of rotatable bonds is 5. The number of nitrogens with zero attached hydrogens (tertiary/aromatic N) is 3. The first-order valence-electron chi connectivity index (χ1n) is 4.80. The van der Waals surface area contributed by atoms with Crippen LogP contribution in [-0.2, 0) is 10.2 Å². The summed E-state index contributed by atoms with van der Waals surface area (Å²) in [6.07, 6.45) is 2.68. The highest BCUT2D eigenvalue weighted by atomic mass is 35.5. The van der Waals surface area contributed by atoms with E-state index in [4.69, 9.17) is 11.6 Å². The minimum absolute atomic E-state index is 0.0544. The Morgan fingerprint density at radius 3 is 2.33 bits per heavy atom. The average Bonchev–Trinajstić information content (AvgIpc) is 2.27. The maximum absolute atomic E-state index is 11.8. The fraction of sp³-hybridized carbons (Fsp3) is 1.00. The zero-order valence-electron chi connectivity index (χ0n) is 8.30. The lowest BCUT2D eigenvalue weighted by Gasteiger charge is -2.28. The van der Waals surface area contributed by atoms with Gasteiger partial charge in [0, 0.05) is 19.0 Å². The fourth-order valence-electron chi connectivity index (χ4n) is 1.50. The molecule has 0 aromatic heterocycles. The SMILES string of the molecule is O=NN(CCCl)S(=O)(=O)N1CCCCC1. The molecule has 0 aromatic carbocycles. The lowest BCUT2D eigenvalue weighted by Crippen LogP contribution is -2.44. The molecule has 1 aliphatic rings.